The SMILES string of the molecule is C[C@@H]1CN(c2ncc(Cl)cc2Cl)CCN1c1nc2ccc(C(F)(F)F)cc2[nH]1. The molecule has 1 fully saturated rings. The molecule has 1 N–H and O–H groups in total. The molecule has 4 rings (SSSR count). The molecule has 2 aromatic heterocycles. The van der Waals surface area contributed by atoms with Crippen molar-refractivity contribution in [2.24, 2.45) is 0 Å². The van der Waals surface area contributed by atoms with E-state index in [4.69, 9.17) is 23.2 Å². The zero-order valence-corrected chi connectivity index (χ0v) is 16.3. The number of benzene rings is 1. The quantitative estimate of drug-likeness (QED) is 0.622. The number of aromatic amines is 1. The molecule has 5 nitrogen and oxygen atoms in total. The van der Waals surface area contributed by atoms with Crippen LogP contribution in [0, 0.1) is 0 Å². The van der Waals surface area contributed by atoms with Gasteiger partial charge in [-0.15, -0.1) is 0 Å². The summed E-state index contributed by atoms with van der Waals surface area (Å²) in [5, 5.41) is 0.956. The Morgan fingerprint density at radius 1 is 1.18 bits per heavy atom. The third-order valence-electron chi connectivity index (χ3n) is 4.78. The first-order valence-electron chi connectivity index (χ1n) is 8.62. The second-order valence-electron chi connectivity index (χ2n) is 6.74. The van der Waals surface area contributed by atoms with Crippen molar-refractivity contribution in [3.8, 4) is 0 Å². The van der Waals surface area contributed by atoms with Crippen LogP contribution in [-0.2, 0) is 6.18 Å². The Morgan fingerprint density at radius 2 is 1.96 bits per heavy atom. The highest BCUT2D eigenvalue weighted by Gasteiger charge is 2.31. The van der Waals surface area contributed by atoms with E-state index >= 15 is 0 Å². The van der Waals surface area contributed by atoms with E-state index in [1.807, 2.05) is 11.8 Å². The van der Waals surface area contributed by atoms with E-state index in [2.05, 4.69) is 19.9 Å². The first-order valence-corrected chi connectivity index (χ1v) is 9.37. The van der Waals surface area contributed by atoms with Crippen molar-refractivity contribution in [1.29, 1.82) is 0 Å². The molecule has 1 aliphatic heterocycles. The molecule has 0 saturated carbocycles. The van der Waals surface area contributed by atoms with Crippen LogP contribution < -0.4 is 9.80 Å². The number of hydrogen-bond donors (Lipinski definition) is 1. The second kappa shape index (κ2) is 7.00. The van der Waals surface area contributed by atoms with E-state index < -0.39 is 11.7 Å². The molecule has 28 heavy (non-hydrogen) atoms. The van der Waals surface area contributed by atoms with Gasteiger partial charge in [-0.2, -0.15) is 13.2 Å². The van der Waals surface area contributed by atoms with Gasteiger partial charge in [0.1, 0.15) is 5.82 Å². The summed E-state index contributed by atoms with van der Waals surface area (Å²) < 4.78 is 38.8. The summed E-state index contributed by atoms with van der Waals surface area (Å²) in [6.45, 7) is 3.92. The molecule has 1 aromatic carbocycles. The van der Waals surface area contributed by atoms with Gasteiger partial charge in [-0.25, -0.2) is 9.97 Å². The molecule has 0 amide bonds. The van der Waals surface area contributed by atoms with Crippen molar-refractivity contribution in [3.05, 3.63) is 46.1 Å². The molecule has 0 radical (unpaired) electrons. The highest BCUT2D eigenvalue weighted by molar-refractivity contribution is 6.36. The van der Waals surface area contributed by atoms with Crippen molar-refractivity contribution in [1.82, 2.24) is 15.0 Å². The van der Waals surface area contributed by atoms with E-state index in [0.717, 1.165) is 12.1 Å². The minimum absolute atomic E-state index is 0.0462. The topological polar surface area (TPSA) is 48.1 Å². The summed E-state index contributed by atoms with van der Waals surface area (Å²) in [5.41, 5.74) is 0.165. The minimum Gasteiger partial charge on any atom is -0.352 e. The lowest BCUT2D eigenvalue weighted by Crippen LogP contribution is -2.52. The van der Waals surface area contributed by atoms with Crippen LogP contribution in [0.15, 0.2) is 30.5 Å². The van der Waals surface area contributed by atoms with Crippen molar-refractivity contribution < 1.29 is 13.2 Å². The fourth-order valence-electron chi connectivity index (χ4n) is 3.41. The molecule has 0 unspecified atom stereocenters. The molecule has 0 spiro atoms. The lowest BCUT2D eigenvalue weighted by Gasteiger charge is -2.40. The Kier molecular flexibility index (Phi) is 4.79. The lowest BCUT2D eigenvalue weighted by atomic mass is 10.2. The zero-order chi connectivity index (χ0) is 20.1. The third-order valence-corrected chi connectivity index (χ3v) is 5.27. The van der Waals surface area contributed by atoms with E-state index in [0.29, 0.717) is 52.5 Å². The van der Waals surface area contributed by atoms with E-state index in [9.17, 15) is 13.2 Å². The van der Waals surface area contributed by atoms with E-state index in [1.54, 1.807) is 12.3 Å². The molecular formula is C18H16Cl2F3N5. The van der Waals surface area contributed by atoms with E-state index in [-0.39, 0.29) is 6.04 Å². The van der Waals surface area contributed by atoms with Crippen LogP contribution in [0.4, 0.5) is 24.9 Å². The van der Waals surface area contributed by atoms with Gasteiger partial charge < -0.3 is 14.8 Å². The van der Waals surface area contributed by atoms with Gasteiger partial charge in [0.05, 0.1) is 26.6 Å². The second-order valence-corrected chi connectivity index (χ2v) is 7.58. The Hall–Kier alpha value is -2.19. The van der Waals surface area contributed by atoms with Crippen molar-refractivity contribution in [2.75, 3.05) is 29.4 Å². The number of aromatic nitrogens is 3. The van der Waals surface area contributed by atoms with Crippen LogP contribution in [0.25, 0.3) is 11.0 Å². The van der Waals surface area contributed by atoms with Crippen LogP contribution in [0.1, 0.15) is 12.5 Å². The number of alkyl halides is 3. The first-order chi connectivity index (χ1) is 13.2. The summed E-state index contributed by atoms with van der Waals surface area (Å²) >= 11 is 12.2. The van der Waals surface area contributed by atoms with Crippen LogP contribution in [0.3, 0.4) is 0 Å². The predicted octanol–water partition coefficient (Wildman–Crippen LogP) is 5.00. The molecule has 0 aliphatic carbocycles. The maximum Gasteiger partial charge on any atom is 0.416 e. The molecule has 3 aromatic rings. The van der Waals surface area contributed by atoms with Gasteiger partial charge in [0.25, 0.3) is 0 Å². The van der Waals surface area contributed by atoms with Crippen molar-refractivity contribution >= 4 is 46.0 Å². The Bertz CT molecular complexity index is 1020. The Balaban J connectivity index is 1.56. The third kappa shape index (κ3) is 3.58. The normalized spacial score (nSPS) is 18.1. The van der Waals surface area contributed by atoms with Crippen LogP contribution in [0.5, 0.6) is 0 Å². The summed E-state index contributed by atoms with van der Waals surface area (Å²) in [6.07, 6.45) is -2.83. The average molecular weight is 430 g/mol. The Morgan fingerprint density at radius 3 is 2.64 bits per heavy atom. The largest absolute Gasteiger partial charge is 0.416 e. The highest BCUT2D eigenvalue weighted by Crippen LogP contribution is 2.32. The van der Waals surface area contributed by atoms with Crippen molar-refractivity contribution in [3.63, 3.8) is 0 Å². The molecule has 1 atom stereocenters. The van der Waals surface area contributed by atoms with Crippen LogP contribution in [0.2, 0.25) is 10.0 Å². The molecular weight excluding hydrogens is 414 g/mol. The number of H-pyrrole nitrogens is 1. The van der Waals surface area contributed by atoms with Gasteiger partial charge in [0.2, 0.25) is 5.95 Å². The van der Waals surface area contributed by atoms with Gasteiger partial charge >= 0.3 is 6.18 Å². The zero-order valence-electron chi connectivity index (χ0n) is 14.8. The van der Waals surface area contributed by atoms with Gasteiger partial charge in [0, 0.05) is 31.9 Å². The maximum atomic E-state index is 12.9. The molecule has 10 heteroatoms. The number of rotatable bonds is 2. The summed E-state index contributed by atoms with van der Waals surface area (Å²) in [7, 11) is 0. The fraction of sp³-hybridized carbons (Fsp3) is 0.333. The molecule has 0 bridgehead atoms. The standard InChI is InChI=1S/C18H16Cl2F3N5/c1-10-9-27(16-13(20)7-12(19)8-24-16)4-5-28(10)17-25-14-3-2-11(18(21,22)23)6-15(14)26-17/h2-3,6-8,10H,4-5,9H2,1H3,(H,25,26)/t10-/m1/s1. The highest BCUT2D eigenvalue weighted by atomic mass is 35.5. The van der Waals surface area contributed by atoms with Gasteiger partial charge in [-0.3, -0.25) is 0 Å². The lowest BCUT2D eigenvalue weighted by molar-refractivity contribution is -0.137. The first kappa shape index (κ1) is 19.1. The number of imidazole rings is 1. The number of piperazine rings is 1. The summed E-state index contributed by atoms with van der Waals surface area (Å²) in [5.74, 6) is 1.22. The summed E-state index contributed by atoms with van der Waals surface area (Å²) in [4.78, 5) is 15.9. The summed E-state index contributed by atoms with van der Waals surface area (Å²) in [6, 6.07) is 5.22. The predicted molar refractivity (Wildman–Crippen MR) is 104 cm³/mol. The van der Waals surface area contributed by atoms with E-state index in [1.165, 1.54) is 6.07 Å². The fourth-order valence-corrected chi connectivity index (χ4v) is 3.91. The van der Waals surface area contributed by atoms with Crippen LogP contribution in [-0.4, -0.2) is 40.6 Å². The number of pyridine rings is 1. The van der Waals surface area contributed by atoms with Gasteiger partial charge in [-0.05, 0) is 31.2 Å². The number of nitrogens with one attached hydrogen (secondary N) is 1. The van der Waals surface area contributed by atoms with Crippen LogP contribution >= 0.6 is 23.2 Å². The van der Waals surface area contributed by atoms with Crippen molar-refractivity contribution in [2.45, 2.75) is 19.1 Å². The minimum atomic E-state index is -4.39. The number of hydrogen-bond acceptors (Lipinski definition) is 4. The number of fused-ring (bicyclic) bond motifs is 1. The maximum absolute atomic E-state index is 12.9. The van der Waals surface area contributed by atoms with Gasteiger partial charge in [-0.1, -0.05) is 23.2 Å². The smallest absolute Gasteiger partial charge is 0.352 e. The Labute approximate surface area is 169 Å². The number of halogens is 5. The number of nitrogens with zero attached hydrogens (tertiary/aromatic N) is 4. The monoisotopic (exact) mass is 429 g/mol. The molecule has 1 saturated heterocycles. The molecule has 1 aliphatic rings. The average Bonchev–Trinajstić information content (AvgIpc) is 3.03. The van der Waals surface area contributed by atoms with Gasteiger partial charge in [0.15, 0.2) is 0 Å². The number of anilines is 2. The molecule has 3 heterocycles. The molecule has 148 valence electrons.